The van der Waals surface area contributed by atoms with Crippen molar-refractivity contribution in [3.05, 3.63) is 47.8 Å². The van der Waals surface area contributed by atoms with E-state index in [1.807, 2.05) is 10.9 Å². The molecule has 2 aromatic rings. The van der Waals surface area contributed by atoms with Gasteiger partial charge in [-0.1, -0.05) is 29.8 Å². The van der Waals surface area contributed by atoms with E-state index in [2.05, 4.69) is 46.9 Å². The second-order valence-corrected chi connectivity index (χ2v) is 5.20. The summed E-state index contributed by atoms with van der Waals surface area (Å²) in [6, 6.07) is 8.40. The normalized spacial score (nSPS) is 10.4. The van der Waals surface area contributed by atoms with Crippen LogP contribution >= 0.6 is 12.2 Å². The summed E-state index contributed by atoms with van der Waals surface area (Å²) < 4.78 is 6.84. The number of rotatable bonds is 6. The molecule has 6 heteroatoms. The maximum Gasteiger partial charge on any atom is 0.170 e. The van der Waals surface area contributed by atoms with Crippen molar-refractivity contribution in [1.29, 1.82) is 0 Å². The average Bonchev–Trinajstić information content (AvgIpc) is 2.86. The summed E-state index contributed by atoms with van der Waals surface area (Å²) in [7, 11) is 1.66. The smallest absolute Gasteiger partial charge is 0.170 e. The predicted octanol–water partition coefficient (Wildman–Crippen LogP) is 2.17. The zero-order valence-electron chi connectivity index (χ0n) is 12.3. The predicted molar refractivity (Wildman–Crippen MR) is 88.6 cm³/mol. The van der Waals surface area contributed by atoms with Crippen LogP contribution in [-0.4, -0.2) is 35.2 Å². The number of hydrogen-bond donors (Lipinski definition) is 2. The highest BCUT2D eigenvalue weighted by molar-refractivity contribution is 7.80. The molecule has 0 bridgehead atoms. The largest absolute Gasteiger partial charge is 0.383 e. The van der Waals surface area contributed by atoms with Gasteiger partial charge < -0.3 is 15.4 Å². The molecule has 0 saturated heterocycles. The molecular weight excluding hydrogens is 284 g/mol. The van der Waals surface area contributed by atoms with Gasteiger partial charge in [0.05, 0.1) is 25.0 Å². The summed E-state index contributed by atoms with van der Waals surface area (Å²) in [6.45, 7) is 4.13. The van der Waals surface area contributed by atoms with Gasteiger partial charge >= 0.3 is 0 Å². The Morgan fingerprint density at radius 1 is 1.43 bits per heavy atom. The SMILES string of the molecule is COCCNC(=S)Nc1cnn(Cc2cccc(C)c2)c1. The summed E-state index contributed by atoms with van der Waals surface area (Å²) in [5.41, 5.74) is 3.35. The van der Waals surface area contributed by atoms with Crippen LogP contribution in [0.3, 0.4) is 0 Å². The Balaban J connectivity index is 1.88. The van der Waals surface area contributed by atoms with E-state index < -0.39 is 0 Å². The molecule has 0 aliphatic rings. The first-order valence-electron chi connectivity index (χ1n) is 6.79. The van der Waals surface area contributed by atoms with Crippen molar-refractivity contribution in [3.8, 4) is 0 Å². The molecule has 1 heterocycles. The molecule has 0 atom stereocenters. The number of benzene rings is 1. The standard InChI is InChI=1S/C15H20N4OS/c1-12-4-3-5-13(8-12)10-19-11-14(9-17-19)18-15(21)16-6-7-20-2/h3-5,8-9,11H,6-7,10H2,1-2H3,(H2,16,18,21). The maximum atomic E-state index is 5.19. The Labute approximate surface area is 130 Å². The third-order valence-electron chi connectivity index (χ3n) is 2.91. The lowest BCUT2D eigenvalue weighted by Gasteiger charge is -2.07. The summed E-state index contributed by atoms with van der Waals surface area (Å²) in [5.74, 6) is 0. The molecule has 0 spiro atoms. The van der Waals surface area contributed by atoms with Gasteiger partial charge in [0.15, 0.2) is 5.11 Å². The van der Waals surface area contributed by atoms with Gasteiger partial charge in [0.1, 0.15) is 0 Å². The van der Waals surface area contributed by atoms with E-state index in [-0.39, 0.29) is 0 Å². The lowest BCUT2D eigenvalue weighted by molar-refractivity contribution is 0.204. The first-order valence-corrected chi connectivity index (χ1v) is 7.20. The zero-order valence-corrected chi connectivity index (χ0v) is 13.1. The highest BCUT2D eigenvalue weighted by Gasteiger charge is 2.02. The highest BCUT2D eigenvalue weighted by Crippen LogP contribution is 2.09. The Hall–Kier alpha value is -1.92. The first kappa shape index (κ1) is 15.5. The molecule has 112 valence electrons. The van der Waals surface area contributed by atoms with Crippen molar-refractivity contribution in [2.24, 2.45) is 0 Å². The van der Waals surface area contributed by atoms with Gasteiger partial charge in [-0.3, -0.25) is 4.68 Å². The van der Waals surface area contributed by atoms with Gasteiger partial charge in [0.2, 0.25) is 0 Å². The first-order chi connectivity index (χ1) is 10.2. The topological polar surface area (TPSA) is 51.1 Å². The van der Waals surface area contributed by atoms with E-state index >= 15 is 0 Å². The maximum absolute atomic E-state index is 5.19. The van der Waals surface area contributed by atoms with Crippen molar-refractivity contribution in [3.63, 3.8) is 0 Å². The van der Waals surface area contributed by atoms with Gasteiger partial charge in [-0.15, -0.1) is 0 Å². The number of nitrogens with one attached hydrogen (secondary N) is 2. The minimum Gasteiger partial charge on any atom is -0.383 e. The summed E-state index contributed by atoms with van der Waals surface area (Å²) in [4.78, 5) is 0. The lowest BCUT2D eigenvalue weighted by Crippen LogP contribution is -2.30. The molecular formula is C15H20N4OS. The third kappa shape index (κ3) is 5.17. The van der Waals surface area contributed by atoms with E-state index in [1.54, 1.807) is 13.3 Å². The van der Waals surface area contributed by atoms with E-state index in [1.165, 1.54) is 11.1 Å². The number of aromatic nitrogens is 2. The number of methoxy groups -OCH3 is 1. The second kappa shape index (κ2) is 7.75. The van der Waals surface area contributed by atoms with Crippen molar-refractivity contribution in [1.82, 2.24) is 15.1 Å². The highest BCUT2D eigenvalue weighted by atomic mass is 32.1. The number of hydrogen-bond acceptors (Lipinski definition) is 3. The van der Waals surface area contributed by atoms with Crippen molar-refractivity contribution in [2.45, 2.75) is 13.5 Å². The van der Waals surface area contributed by atoms with Crippen LogP contribution in [-0.2, 0) is 11.3 Å². The lowest BCUT2D eigenvalue weighted by atomic mass is 10.1. The van der Waals surface area contributed by atoms with Crippen LogP contribution in [0.4, 0.5) is 5.69 Å². The fourth-order valence-corrected chi connectivity index (χ4v) is 2.17. The number of anilines is 1. The number of ether oxygens (including phenoxy) is 1. The molecule has 0 saturated carbocycles. The van der Waals surface area contributed by atoms with Gasteiger partial charge in [-0.05, 0) is 24.7 Å². The molecule has 2 rings (SSSR count). The minimum atomic E-state index is 0.571. The molecule has 0 aliphatic heterocycles. The molecule has 2 N–H and O–H groups in total. The Morgan fingerprint density at radius 2 is 2.29 bits per heavy atom. The molecule has 1 aromatic heterocycles. The summed E-state index contributed by atoms with van der Waals surface area (Å²) >= 11 is 5.19. The van der Waals surface area contributed by atoms with Crippen LogP contribution in [0, 0.1) is 6.92 Å². The summed E-state index contributed by atoms with van der Waals surface area (Å²) in [6.07, 6.45) is 3.70. The van der Waals surface area contributed by atoms with E-state index in [4.69, 9.17) is 17.0 Å². The molecule has 0 aliphatic carbocycles. The Bertz CT molecular complexity index is 597. The summed E-state index contributed by atoms with van der Waals surface area (Å²) in [5, 5.41) is 11.1. The molecule has 5 nitrogen and oxygen atoms in total. The van der Waals surface area contributed by atoms with Crippen LogP contribution in [0.25, 0.3) is 0 Å². The van der Waals surface area contributed by atoms with Crippen LogP contribution in [0.2, 0.25) is 0 Å². The van der Waals surface area contributed by atoms with Crippen LogP contribution in [0.15, 0.2) is 36.7 Å². The monoisotopic (exact) mass is 304 g/mol. The number of nitrogens with zero attached hydrogens (tertiary/aromatic N) is 2. The quantitative estimate of drug-likeness (QED) is 0.633. The Kier molecular flexibility index (Phi) is 5.71. The number of aryl methyl sites for hydroxylation is 1. The minimum absolute atomic E-state index is 0.571. The van der Waals surface area contributed by atoms with Gasteiger partial charge in [0.25, 0.3) is 0 Å². The van der Waals surface area contributed by atoms with Gasteiger partial charge in [-0.2, -0.15) is 5.10 Å². The van der Waals surface area contributed by atoms with E-state index in [0.29, 0.717) is 18.3 Å². The fraction of sp³-hybridized carbons (Fsp3) is 0.333. The van der Waals surface area contributed by atoms with E-state index in [0.717, 1.165) is 12.2 Å². The van der Waals surface area contributed by atoms with E-state index in [9.17, 15) is 0 Å². The van der Waals surface area contributed by atoms with Crippen molar-refractivity contribution in [2.75, 3.05) is 25.6 Å². The number of thiocarbonyl (C=S) groups is 1. The fourth-order valence-electron chi connectivity index (χ4n) is 1.95. The van der Waals surface area contributed by atoms with Gasteiger partial charge in [0, 0.05) is 19.9 Å². The van der Waals surface area contributed by atoms with Gasteiger partial charge in [-0.25, -0.2) is 0 Å². The van der Waals surface area contributed by atoms with Crippen molar-refractivity contribution >= 4 is 23.0 Å². The molecule has 0 unspecified atom stereocenters. The van der Waals surface area contributed by atoms with Crippen molar-refractivity contribution < 1.29 is 4.74 Å². The third-order valence-corrected chi connectivity index (χ3v) is 3.16. The molecule has 1 aromatic carbocycles. The molecule has 0 fully saturated rings. The van der Waals surface area contributed by atoms with Crippen LogP contribution in [0.5, 0.6) is 0 Å². The molecule has 0 amide bonds. The second-order valence-electron chi connectivity index (χ2n) is 4.79. The zero-order chi connectivity index (χ0) is 15.1. The Morgan fingerprint density at radius 3 is 3.05 bits per heavy atom. The average molecular weight is 304 g/mol. The van der Waals surface area contributed by atoms with Crippen LogP contribution in [0.1, 0.15) is 11.1 Å². The molecule has 0 radical (unpaired) electrons. The van der Waals surface area contributed by atoms with Crippen LogP contribution < -0.4 is 10.6 Å². The molecule has 21 heavy (non-hydrogen) atoms.